The van der Waals surface area contributed by atoms with Crippen LogP contribution in [0.5, 0.6) is 0 Å². The summed E-state index contributed by atoms with van der Waals surface area (Å²) in [4.78, 5) is 13.6. The van der Waals surface area contributed by atoms with Gasteiger partial charge in [-0.1, -0.05) is 36.8 Å². The van der Waals surface area contributed by atoms with E-state index in [2.05, 4.69) is 0 Å². The zero-order valence-corrected chi connectivity index (χ0v) is 10.4. The number of carboxylic acid groups (broad SMARTS) is 1. The van der Waals surface area contributed by atoms with Crippen LogP contribution >= 0.6 is 0 Å². The monoisotopic (exact) mass is 233 g/mol. The van der Waals surface area contributed by atoms with Gasteiger partial charge in [0.25, 0.3) is 0 Å². The van der Waals surface area contributed by atoms with Gasteiger partial charge in [-0.3, -0.25) is 4.79 Å². The Morgan fingerprint density at radius 3 is 2.24 bits per heavy atom. The lowest BCUT2D eigenvalue weighted by atomic mass is 9.62. The van der Waals surface area contributed by atoms with Crippen molar-refractivity contribution in [2.24, 2.45) is 5.41 Å². The molecule has 0 heterocycles. The van der Waals surface area contributed by atoms with E-state index in [-0.39, 0.29) is 6.04 Å². The summed E-state index contributed by atoms with van der Waals surface area (Å²) in [6.45, 7) is 0. The van der Waals surface area contributed by atoms with Gasteiger partial charge in [0.05, 0.1) is 11.5 Å². The SMILES string of the molecule is CN(C)C(c1ccccc1)C1(C(=O)O)CCC1. The molecule has 1 N–H and O–H groups in total. The summed E-state index contributed by atoms with van der Waals surface area (Å²) in [5.74, 6) is -0.661. The highest BCUT2D eigenvalue weighted by molar-refractivity contribution is 5.77. The molecule has 0 saturated heterocycles. The maximum absolute atomic E-state index is 11.6. The standard InChI is InChI=1S/C14H19NO2/c1-15(2)12(11-7-4-3-5-8-11)14(13(16)17)9-6-10-14/h3-5,7-8,12H,6,9-10H2,1-2H3,(H,16,17). The summed E-state index contributed by atoms with van der Waals surface area (Å²) in [5.41, 5.74) is 0.504. The van der Waals surface area contributed by atoms with Crippen molar-refractivity contribution in [2.75, 3.05) is 14.1 Å². The van der Waals surface area contributed by atoms with E-state index < -0.39 is 11.4 Å². The van der Waals surface area contributed by atoms with E-state index in [0.717, 1.165) is 24.8 Å². The maximum Gasteiger partial charge on any atom is 0.311 e. The summed E-state index contributed by atoms with van der Waals surface area (Å²) in [5, 5.41) is 9.54. The van der Waals surface area contributed by atoms with Gasteiger partial charge < -0.3 is 10.0 Å². The van der Waals surface area contributed by atoms with Gasteiger partial charge in [-0.25, -0.2) is 0 Å². The van der Waals surface area contributed by atoms with Gasteiger partial charge in [-0.05, 0) is 32.5 Å². The second-order valence-corrected chi connectivity index (χ2v) is 5.09. The minimum atomic E-state index is -0.661. The van der Waals surface area contributed by atoms with Gasteiger partial charge in [0.1, 0.15) is 0 Å². The average molecular weight is 233 g/mol. The number of rotatable bonds is 4. The maximum atomic E-state index is 11.6. The van der Waals surface area contributed by atoms with Crippen LogP contribution in [0.25, 0.3) is 0 Å². The Labute approximate surface area is 102 Å². The largest absolute Gasteiger partial charge is 0.481 e. The number of aliphatic carboxylic acids is 1. The van der Waals surface area contributed by atoms with Crippen molar-refractivity contribution in [1.29, 1.82) is 0 Å². The van der Waals surface area contributed by atoms with E-state index in [9.17, 15) is 9.90 Å². The van der Waals surface area contributed by atoms with Crippen molar-refractivity contribution in [1.82, 2.24) is 4.90 Å². The van der Waals surface area contributed by atoms with Gasteiger partial charge in [0.2, 0.25) is 0 Å². The van der Waals surface area contributed by atoms with E-state index in [0.29, 0.717) is 0 Å². The number of carbonyl (C=O) groups is 1. The first-order valence-electron chi connectivity index (χ1n) is 6.03. The molecule has 2 rings (SSSR count). The Hall–Kier alpha value is -1.35. The molecule has 17 heavy (non-hydrogen) atoms. The Morgan fingerprint density at radius 1 is 1.29 bits per heavy atom. The smallest absolute Gasteiger partial charge is 0.311 e. The summed E-state index contributed by atoms with van der Waals surface area (Å²) >= 11 is 0. The number of hydrogen-bond donors (Lipinski definition) is 1. The number of hydrogen-bond acceptors (Lipinski definition) is 2. The van der Waals surface area contributed by atoms with Crippen molar-refractivity contribution in [3.05, 3.63) is 35.9 Å². The molecule has 0 radical (unpaired) electrons. The Kier molecular flexibility index (Phi) is 3.20. The third-order valence-electron chi connectivity index (χ3n) is 3.83. The number of benzene rings is 1. The van der Waals surface area contributed by atoms with E-state index in [1.807, 2.05) is 49.3 Å². The molecule has 1 aromatic rings. The minimum Gasteiger partial charge on any atom is -0.481 e. The molecule has 1 aromatic carbocycles. The Balaban J connectivity index is 2.39. The molecular formula is C14H19NO2. The minimum absolute atomic E-state index is 0.0325. The van der Waals surface area contributed by atoms with Crippen LogP contribution in [0.3, 0.4) is 0 Å². The lowest BCUT2D eigenvalue weighted by Gasteiger charge is -2.47. The number of carboxylic acids is 1. The van der Waals surface area contributed by atoms with Crippen LogP contribution in [0, 0.1) is 5.41 Å². The molecule has 1 saturated carbocycles. The van der Waals surface area contributed by atoms with Crippen LogP contribution in [-0.2, 0) is 4.79 Å². The molecule has 3 heteroatoms. The first-order valence-corrected chi connectivity index (χ1v) is 6.03. The molecule has 1 aliphatic carbocycles. The average Bonchev–Trinajstić information content (AvgIpc) is 2.23. The molecule has 1 atom stereocenters. The Bertz CT molecular complexity index is 396. The molecule has 0 bridgehead atoms. The molecule has 0 amide bonds. The molecule has 0 spiro atoms. The first kappa shape index (κ1) is 12.1. The molecule has 1 fully saturated rings. The van der Waals surface area contributed by atoms with Crippen LogP contribution in [-0.4, -0.2) is 30.1 Å². The van der Waals surface area contributed by atoms with Crippen molar-refractivity contribution >= 4 is 5.97 Å². The molecule has 92 valence electrons. The fraction of sp³-hybridized carbons (Fsp3) is 0.500. The van der Waals surface area contributed by atoms with E-state index in [1.54, 1.807) is 0 Å². The van der Waals surface area contributed by atoms with E-state index in [1.165, 1.54) is 0 Å². The van der Waals surface area contributed by atoms with Gasteiger partial charge in [0, 0.05) is 0 Å². The van der Waals surface area contributed by atoms with Gasteiger partial charge in [-0.2, -0.15) is 0 Å². The molecular weight excluding hydrogens is 214 g/mol. The fourth-order valence-corrected chi connectivity index (χ4v) is 2.91. The second kappa shape index (κ2) is 4.49. The molecule has 3 nitrogen and oxygen atoms in total. The summed E-state index contributed by atoms with van der Waals surface area (Å²) < 4.78 is 0. The van der Waals surface area contributed by atoms with Crippen molar-refractivity contribution in [2.45, 2.75) is 25.3 Å². The first-order chi connectivity index (χ1) is 8.08. The molecule has 0 aliphatic heterocycles. The van der Waals surface area contributed by atoms with Crippen molar-refractivity contribution in [3.63, 3.8) is 0 Å². The van der Waals surface area contributed by atoms with E-state index in [4.69, 9.17) is 0 Å². The quantitative estimate of drug-likeness (QED) is 0.868. The van der Waals surface area contributed by atoms with Crippen LogP contribution in [0.1, 0.15) is 30.9 Å². The van der Waals surface area contributed by atoms with Gasteiger partial charge >= 0.3 is 5.97 Å². The highest BCUT2D eigenvalue weighted by atomic mass is 16.4. The fourth-order valence-electron chi connectivity index (χ4n) is 2.91. The van der Waals surface area contributed by atoms with Crippen molar-refractivity contribution < 1.29 is 9.90 Å². The predicted molar refractivity (Wildman–Crippen MR) is 66.8 cm³/mol. The second-order valence-electron chi connectivity index (χ2n) is 5.09. The van der Waals surface area contributed by atoms with Crippen LogP contribution in [0.15, 0.2) is 30.3 Å². The summed E-state index contributed by atoms with van der Waals surface area (Å²) in [7, 11) is 3.92. The third kappa shape index (κ3) is 1.95. The summed E-state index contributed by atoms with van der Waals surface area (Å²) in [6, 6.07) is 9.92. The molecule has 0 aromatic heterocycles. The zero-order chi connectivity index (χ0) is 12.5. The Morgan fingerprint density at radius 2 is 1.88 bits per heavy atom. The van der Waals surface area contributed by atoms with E-state index >= 15 is 0 Å². The lowest BCUT2D eigenvalue weighted by molar-refractivity contribution is -0.161. The topological polar surface area (TPSA) is 40.5 Å². The predicted octanol–water partition coefficient (Wildman–Crippen LogP) is 2.54. The normalized spacial score (nSPS) is 19.7. The number of nitrogens with zero attached hydrogens (tertiary/aromatic N) is 1. The highest BCUT2D eigenvalue weighted by Crippen LogP contribution is 2.52. The highest BCUT2D eigenvalue weighted by Gasteiger charge is 2.51. The van der Waals surface area contributed by atoms with Crippen LogP contribution in [0.4, 0.5) is 0 Å². The van der Waals surface area contributed by atoms with Gasteiger partial charge in [0.15, 0.2) is 0 Å². The third-order valence-corrected chi connectivity index (χ3v) is 3.83. The molecule has 1 unspecified atom stereocenters. The summed E-state index contributed by atoms with van der Waals surface area (Å²) in [6.07, 6.45) is 2.57. The molecule has 1 aliphatic rings. The van der Waals surface area contributed by atoms with Gasteiger partial charge in [-0.15, -0.1) is 0 Å². The zero-order valence-electron chi connectivity index (χ0n) is 10.4. The van der Waals surface area contributed by atoms with Crippen LogP contribution < -0.4 is 0 Å². The van der Waals surface area contributed by atoms with Crippen molar-refractivity contribution in [3.8, 4) is 0 Å². The lowest BCUT2D eigenvalue weighted by Crippen LogP contribution is -2.48. The van der Waals surface area contributed by atoms with Crippen LogP contribution in [0.2, 0.25) is 0 Å².